The lowest BCUT2D eigenvalue weighted by Crippen LogP contribution is -2.41. The van der Waals surface area contributed by atoms with Gasteiger partial charge in [0.1, 0.15) is 5.82 Å². The molecule has 1 aromatic rings. The van der Waals surface area contributed by atoms with Crippen LogP contribution in [0.15, 0.2) is 29.3 Å². The monoisotopic (exact) mass is 353 g/mol. The Hall–Kier alpha value is -1.27. The molecule has 134 valence electrons. The first-order valence-electron chi connectivity index (χ1n) is 8.57. The van der Waals surface area contributed by atoms with Crippen LogP contribution in [0.5, 0.6) is 0 Å². The van der Waals surface area contributed by atoms with Crippen molar-refractivity contribution in [2.45, 2.75) is 30.9 Å². The van der Waals surface area contributed by atoms with Crippen molar-refractivity contribution < 1.29 is 9.13 Å². The predicted molar refractivity (Wildman–Crippen MR) is 100 cm³/mol. The quantitative estimate of drug-likeness (QED) is 0.584. The average Bonchev–Trinajstić information content (AvgIpc) is 2.62. The van der Waals surface area contributed by atoms with Crippen molar-refractivity contribution >= 4 is 17.7 Å². The smallest absolute Gasteiger partial charge is 0.191 e. The van der Waals surface area contributed by atoms with Crippen LogP contribution < -0.4 is 10.6 Å². The summed E-state index contributed by atoms with van der Waals surface area (Å²) >= 11 is 1.88. The molecule has 0 atom stereocenters. The van der Waals surface area contributed by atoms with Crippen LogP contribution in [0.25, 0.3) is 0 Å². The molecule has 0 radical (unpaired) electrons. The van der Waals surface area contributed by atoms with Crippen LogP contribution in [0.4, 0.5) is 4.39 Å². The SMILES string of the molecule is CCNC(=NCC1(SC)CCOCC1)NCCc1ccccc1F. The molecule has 0 aliphatic carbocycles. The van der Waals surface area contributed by atoms with Crippen LogP contribution in [0.1, 0.15) is 25.3 Å². The van der Waals surface area contributed by atoms with Gasteiger partial charge in [0.05, 0.1) is 6.54 Å². The van der Waals surface area contributed by atoms with Gasteiger partial charge in [-0.15, -0.1) is 0 Å². The molecule has 4 nitrogen and oxygen atoms in total. The molecular weight excluding hydrogens is 325 g/mol. The average molecular weight is 354 g/mol. The van der Waals surface area contributed by atoms with Crippen LogP contribution >= 0.6 is 11.8 Å². The number of benzene rings is 1. The third-order valence-electron chi connectivity index (χ3n) is 4.35. The third-order valence-corrected chi connectivity index (χ3v) is 5.75. The lowest BCUT2D eigenvalue weighted by Gasteiger charge is -2.34. The fourth-order valence-electron chi connectivity index (χ4n) is 2.75. The van der Waals surface area contributed by atoms with Gasteiger partial charge in [-0.25, -0.2) is 4.39 Å². The zero-order valence-corrected chi connectivity index (χ0v) is 15.4. The zero-order chi connectivity index (χ0) is 17.3. The summed E-state index contributed by atoms with van der Waals surface area (Å²) in [7, 11) is 0. The van der Waals surface area contributed by atoms with E-state index in [0.29, 0.717) is 13.0 Å². The second kappa shape index (κ2) is 9.89. The second-order valence-corrected chi connectivity index (χ2v) is 7.24. The van der Waals surface area contributed by atoms with Crippen molar-refractivity contribution in [2.75, 3.05) is 39.1 Å². The van der Waals surface area contributed by atoms with E-state index in [4.69, 9.17) is 9.73 Å². The number of rotatable bonds is 7. The van der Waals surface area contributed by atoms with E-state index >= 15 is 0 Å². The van der Waals surface area contributed by atoms with Crippen LogP contribution in [0.3, 0.4) is 0 Å². The minimum Gasteiger partial charge on any atom is -0.381 e. The van der Waals surface area contributed by atoms with Gasteiger partial charge in [0.25, 0.3) is 0 Å². The maximum atomic E-state index is 13.7. The molecule has 24 heavy (non-hydrogen) atoms. The number of aliphatic imine (C=N–C) groups is 1. The number of hydrogen-bond acceptors (Lipinski definition) is 3. The molecule has 2 rings (SSSR count). The molecular formula is C18H28FN3OS. The van der Waals surface area contributed by atoms with E-state index in [0.717, 1.165) is 50.7 Å². The van der Waals surface area contributed by atoms with Gasteiger partial charge in [0.15, 0.2) is 5.96 Å². The van der Waals surface area contributed by atoms with E-state index in [1.165, 1.54) is 6.07 Å². The minimum atomic E-state index is -0.148. The molecule has 0 spiro atoms. The van der Waals surface area contributed by atoms with Gasteiger partial charge in [0, 0.05) is 31.1 Å². The maximum absolute atomic E-state index is 13.7. The van der Waals surface area contributed by atoms with Gasteiger partial charge in [-0.2, -0.15) is 11.8 Å². The maximum Gasteiger partial charge on any atom is 0.191 e. The third kappa shape index (κ3) is 5.67. The Balaban J connectivity index is 1.89. The van der Waals surface area contributed by atoms with Crippen LogP contribution in [-0.4, -0.2) is 49.8 Å². The first-order chi connectivity index (χ1) is 11.7. The summed E-state index contributed by atoms with van der Waals surface area (Å²) < 4.78 is 19.3. The lowest BCUT2D eigenvalue weighted by atomic mass is 9.99. The zero-order valence-electron chi connectivity index (χ0n) is 14.6. The molecule has 0 unspecified atom stereocenters. The fourth-order valence-corrected chi connectivity index (χ4v) is 3.52. The summed E-state index contributed by atoms with van der Waals surface area (Å²) in [4.78, 5) is 4.76. The van der Waals surface area contributed by atoms with Crippen LogP contribution in [0.2, 0.25) is 0 Å². The highest BCUT2D eigenvalue weighted by atomic mass is 32.2. The summed E-state index contributed by atoms with van der Waals surface area (Å²) in [6.45, 7) is 5.91. The van der Waals surface area contributed by atoms with Gasteiger partial charge in [-0.05, 0) is 44.1 Å². The van der Waals surface area contributed by atoms with Gasteiger partial charge in [-0.3, -0.25) is 4.99 Å². The molecule has 1 aliphatic rings. The van der Waals surface area contributed by atoms with E-state index in [1.54, 1.807) is 6.07 Å². The van der Waals surface area contributed by atoms with Crippen LogP contribution in [0, 0.1) is 5.82 Å². The number of nitrogens with zero attached hydrogens (tertiary/aromatic N) is 1. The Labute approximate surface area is 148 Å². The van der Waals surface area contributed by atoms with E-state index < -0.39 is 0 Å². The van der Waals surface area contributed by atoms with Crippen molar-refractivity contribution in [1.29, 1.82) is 0 Å². The first kappa shape index (κ1) is 19.1. The highest BCUT2D eigenvalue weighted by Gasteiger charge is 2.31. The van der Waals surface area contributed by atoms with Crippen molar-refractivity contribution in [3.63, 3.8) is 0 Å². The van der Waals surface area contributed by atoms with Crippen molar-refractivity contribution in [2.24, 2.45) is 4.99 Å². The number of guanidine groups is 1. The Bertz CT molecular complexity index is 533. The standard InChI is InChI=1S/C18H28FN3OS/c1-3-20-17(21-11-8-15-6-4-5-7-16(15)19)22-14-18(24-2)9-12-23-13-10-18/h4-7H,3,8-14H2,1-2H3,(H2,20,21,22). The highest BCUT2D eigenvalue weighted by Crippen LogP contribution is 2.33. The molecule has 1 fully saturated rings. The number of ether oxygens (including phenoxy) is 1. The molecule has 6 heteroatoms. The number of hydrogen-bond donors (Lipinski definition) is 2. The Morgan fingerprint density at radius 1 is 1.29 bits per heavy atom. The summed E-state index contributed by atoms with van der Waals surface area (Å²) in [5.74, 6) is 0.651. The van der Waals surface area contributed by atoms with Crippen LogP contribution in [-0.2, 0) is 11.2 Å². The largest absolute Gasteiger partial charge is 0.381 e. The normalized spacial score (nSPS) is 17.5. The minimum absolute atomic E-state index is 0.148. The molecule has 1 heterocycles. The fraction of sp³-hybridized carbons (Fsp3) is 0.611. The Morgan fingerprint density at radius 3 is 2.71 bits per heavy atom. The van der Waals surface area contributed by atoms with E-state index in [2.05, 4.69) is 16.9 Å². The second-order valence-electron chi connectivity index (χ2n) is 5.96. The van der Waals surface area contributed by atoms with E-state index in [1.807, 2.05) is 30.8 Å². The highest BCUT2D eigenvalue weighted by molar-refractivity contribution is 8.00. The first-order valence-corrected chi connectivity index (χ1v) is 9.80. The van der Waals surface area contributed by atoms with Crippen molar-refractivity contribution in [1.82, 2.24) is 10.6 Å². The molecule has 0 aromatic heterocycles. The molecule has 1 aliphatic heterocycles. The summed E-state index contributed by atoms with van der Waals surface area (Å²) in [6.07, 6.45) is 4.86. The van der Waals surface area contributed by atoms with E-state index in [9.17, 15) is 4.39 Å². The number of thioether (sulfide) groups is 1. The molecule has 1 aromatic carbocycles. The van der Waals surface area contributed by atoms with Gasteiger partial charge >= 0.3 is 0 Å². The molecule has 1 saturated heterocycles. The van der Waals surface area contributed by atoms with Gasteiger partial charge in [0.2, 0.25) is 0 Å². The Morgan fingerprint density at radius 2 is 2.04 bits per heavy atom. The van der Waals surface area contributed by atoms with Gasteiger partial charge < -0.3 is 15.4 Å². The predicted octanol–water partition coefficient (Wildman–Crippen LogP) is 2.84. The van der Waals surface area contributed by atoms with Gasteiger partial charge in [-0.1, -0.05) is 18.2 Å². The molecule has 0 amide bonds. The summed E-state index contributed by atoms with van der Waals surface area (Å²) in [5.41, 5.74) is 0.728. The van der Waals surface area contributed by atoms with E-state index in [-0.39, 0.29) is 10.6 Å². The molecule has 2 N–H and O–H groups in total. The number of nitrogens with one attached hydrogen (secondary N) is 2. The summed E-state index contributed by atoms with van der Waals surface area (Å²) in [6, 6.07) is 6.91. The topological polar surface area (TPSA) is 45.7 Å². The van der Waals surface area contributed by atoms with Crippen molar-refractivity contribution in [3.8, 4) is 0 Å². The number of halogens is 1. The molecule has 0 bridgehead atoms. The Kier molecular flexibility index (Phi) is 7.85. The lowest BCUT2D eigenvalue weighted by molar-refractivity contribution is 0.0794. The molecule has 0 saturated carbocycles. The van der Waals surface area contributed by atoms with Crippen molar-refractivity contribution in [3.05, 3.63) is 35.6 Å². The summed E-state index contributed by atoms with van der Waals surface area (Å²) in [5, 5.41) is 6.58.